The Balaban J connectivity index is 0.907. The Labute approximate surface area is 364 Å². The lowest BCUT2D eigenvalue weighted by Crippen LogP contribution is -2.37. The lowest BCUT2D eigenvalue weighted by atomic mass is 9.84. The van der Waals surface area contributed by atoms with Gasteiger partial charge in [-0.3, -0.25) is 10.3 Å². The van der Waals surface area contributed by atoms with Gasteiger partial charge in [0.25, 0.3) is 0 Å². The van der Waals surface area contributed by atoms with Gasteiger partial charge in [0.05, 0.1) is 6.54 Å². The number of allylic oxidation sites excluding steroid dienone is 7. The average molecular weight is 807 g/mol. The summed E-state index contributed by atoms with van der Waals surface area (Å²) in [7, 11) is 0. The van der Waals surface area contributed by atoms with Crippen LogP contribution in [0.5, 0.6) is 0 Å². The monoisotopic (exact) mass is 807 g/mol. The summed E-state index contributed by atoms with van der Waals surface area (Å²) >= 11 is 0. The van der Waals surface area contributed by atoms with E-state index in [0.29, 0.717) is 18.5 Å². The van der Waals surface area contributed by atoms with Crippen LogP contribution in [0.4, 0.5) is 5.69 Å². The number of hydrogen-bond acceptors (Lipinski definition) is 4. The zero-order valence-corrected chi connectivity index (χ0v) is 36.2. The Kier molecular flexibility index (Phi) is 12.7. The van der Waals surface area contributed by atoms with Crippen LogP contribution in [0.1, 0.15) is 88.9 Å². The number of nitrogens with zero attached hydrogens (tertiary/aromatic N) is 5. The van der Waals surface area contributed by atoms with Crippen molar-refractivity contribution in [2.75, 3.05) is 18.0 Å². The number of aliphatic imine (C=N–C) groups is 3. The third kappa shape index (κ3) is 9.35. The van der Waals surface area contributed by atoms with Crippen LogP contribution in [0.2, 0.25) is 0 Å². The number of rotatable bonds is 14. The van der Waals surface area contributed by atoms with Crippen molar-refractivity contribution < 1.29 is 0 Å². The minimum absolute atomic E-state index is 0.0426. The highest BCUT2D eigenvalue weighted by molar-refractivity contribution is 6.06. The lowest BCUT2D eigenvalue weighted by molar-refractivity contribution is 0.315. The topological polar surface area (TPSA) is 55.6 Å². The van der Waals surface area contributed by atoms with E-state index in [9.17, 15) is 0 Å². The zero-order valence-electron chi connectivity index (χ0n) is 36.2. The standard InChI is InChI=1S/C55H62N6/c1-4-42(54(59-39(2)3)57-37-41-17-7-5-8-18-41)21-13-14-34-60-52(38-58-55(60)45-29-27-44(28-30-45)43-22-9-6-10-23-43)56-33-16-20-40-19-15-24-47(35-40)61-51-26-12-11-25-48(51)49-32-31-46-36-50(46)53(49)61/h4,6,9-10,12,15-17,19,21-24,26-33,35,37,39,46,49-50,53,55,58H,1,5,7-8,11,13-14,18,20,25,34,36,38H2,2-3H3/b33-16-,42-21+,56-52?,57-37?,59-54?. The van der Waals surface area contributed by atoms with E-state index in [0.717, 1.165) is 74.1 Å². The van der Waals surface area contributed by atoms with E-state index in [4.69, 9.17) is 15.0 Å². The Bertz CT molecular complexity index is 2330. The van der Waals surface area contributed by atoms with Gasteiger partial charge in [-0.2, -0.15) is 0 Å². The van der Waals surface area contributed by atoms with Crippen molar-refractivity contribution in [2.24, 2.45) is 32.7 Å². The van der Waals surface area contributed by atoms with Crippen LogP contribution in [-0.4, -0.2) is 48.0 Å². The average Bonchev–Trinajstić information content (AvgIpc) is 3.88. The third-order valence-corrected chi connectivity index (χ3v) is 13.2. The summed E-state index contributed by atoms with van der Waals surface area (Å²) < 4.78 is 0. The van der Waals surface area contributed by atoms with Crippen molar-refractivity contribution in [1.29, 1.82) is 0 Å². The zero-order chi connectivity index (χ0) is 41.5. The summed E-state index contributed by atoms with van der Waals surface area (Å²) in [4.78, 5) is 20.1. The van der Waals surface area contributed by atoms with Gasteiger partial charge in [0.2, 0.25) is 0 Å². The molecule has 0 amide bonds. The van der Waals surface area contributed by atoms with Crippen LogP contribution >= 0.6 is 0 Å². The van der Waals surface area contributed by atoms with Crippen molar-refractivity contribution in [1.82, 2.24) is 10.2 Å². The summed E-state index contributed by atoms with van der Waals surface area (Å²) in [6.45, 7) is 9.96. The second-order valence-electron chi connectivity index (χ2n) is 17.8. The maximum absolute atomic E-state index is 5.13. The maximum Gasteiger partial charge on any atom is 0.154 e. The van der Waals surface area contributed by atoms with Crippen molar-refractivity contribution >= 4 is 23.6 Å². The first-order valence-electron chi connectivity index (χ1n) is 23.0. The minimum atomic E-state index is 0.0426. The molecule has 4 aliphatic carbocycles. The molecule has 9 rings (SSSR count). The Hall–Kier alpha value is -5.59. The van der Waals surface area contributed by atoms with Gasteiger partial charge in [-0.1, -0.05) is 116 Å². The fourth-order valence-electron chi connectivity index (χ4n) is 10.1. The molecule has 6 aliphatic rings. The second kappa shape index (κ2) is 19.0. The molecule has 0 spiro atoms. The quantitative estimate of drug-likeness (QED) is 0.0580. The highest BCUT2D eigenvalue weighted by Gasteiger charge is 2.54. The highest BCUT2D eigenvalue weighted by Crippen LogP contribution is 2.57. The Morgan fingerprint density at radius 3 is 2.64 bits per heavy atom. The summed E-state index contributed by atoms with van der Waals surface area (Å²) in [6, 6.07) is 29.6. The number of fused-ring (bicyclic) bond motifs is 4. The van der Waals surface area contributed by atoms with E-state index in [1.807, 2.05) is 18.5 Å². The largest absolute Gasteiger partial charge is 0.339 e. The summed E-state index contributed by atoms with van der Waals surface area (Å²) in [5.74, 6) is 3.95. The molecule has 1 N–H and O–H groups in total. The first-order chi connectivity index (χ1) is 30.0. The maximum atomic E-state index is 5.13. The van der Waals surface area contributed by atoms with Gasteiger partial charge in [0.1, 0.15) is 12.0 Å². The predicted octanol–water partition coefficient (Wildman–Crippen LogP) is 12.3. The van der Waals surface area contributed by atoms with Crippen LogP contribution in [0.15, 0.2) is 178 Å². The minimum Gasteiger partial charge on any atom is -0.339 e. The molecule has 3 aromatic carbocycles. The molecule has 1 saturated carbocycles. The molecule has 6 nitrogen and oxygen atoms in total. The van der Waals surface area contributed by atoms with Gasteiger partial charge in [-0.05, 0) is 142 Å². The van der Waals surface area contributed by atoms with Crippen LogP contribution in [0.25, 0.3) is 11.1 Å². The molecular weight excluding hydrogens is 745 g/mol. The SMILES string of the molecule is C=C/C(=C\CCCN1C(=N/C=C\Cc2cccc(N3C4=C(CCC=C4)C4C=CC5CC5C43)c2)CNC1c1ccc(-c2ccccc2)cc1)C(N=CC1=CCCCC1)=NC(C)C. The summed E-state index contributed by atoms with van der Waals surface area (Å²) in [5.41, 5.74) is 11.8. The molecule has 2 fully saturated rings. The molecule has 0 aromatic heterocycles. The van der Waals surface area contributed by atoms with Crippen molar-refractivity contribution in [2.45, 2.75) is 96.3 Å². The van der Waals surface area contributed by atoms with Gasteiger partial charge in [0.15, 0.2) is 5.84 Å². The number of anilines is 1. The number of amidine groups is 2. The van der Waals surface area contributed by atoms with Gasteiger partial charge in [-0.15, -0.1) is 0 Å². The molecule has 312 valence electrons. The number of unbranched alkanes of at least 4 members (excludes halogenated alkanes) is 1. The normalized spacial score (nSPS) is 25.5. The van der Waals surface area contributed by atoms with E-state index in [2.05, 4.69) is 157 Å². The van der Waals surface area contributed by atoms with E-state index in [1.54, 1.807) is 5.57 Å². The van der Waals surface area contributed by atoms with Crippen LogP contribution in [-0.2, 0) is 6.42 Å². The van der Waals surface area contributed by atoms with Gasteiger partial charge in [-0.25, -0.2) is 9.98 Å². The molecule has 5 atom stereocenters. The van der Waals surface area contributed by atoms with E-state index >= 15 is 0 Å². The summed E-state index contributed by atoms with van der Waals surface area (Å²) in [5, 5.41) is 3.80. The van der Waals surface area contributed by atoms with Gasteiger partial charge >= 0.3 is 0 Å². The van der Waals surface area contributed by atoms with Crippen LogP contribution in [0.3, 0.4) is 0 Å². The highest BCUT2D eigenvalue weighted by atomic mass is 15.4. The summed E-state index contributed by atoms with van der Waals surface area (Å²) in [6.07, 6.45) is 33.7. The second-order valence-corrected chi connectivity index (χ2v) is 17.8. The fraction of sp³-hybridized carbons (Fsp3) is 0.364. The van der Waals surface area contributed by atoms with Crippen molar-refractivity contribution in [3.05, 3.63) is 174 Å². The third-order valence-electron chi connectivity index (χ3n) is 13.2. The molecule has 2 aliphatic heterocycles. The van der Waals surface area contributed by atoms with E-state index in [-0.39, 0.29) is 12.2 Å². The molecule has 2 heterocycles. The van der Waals surface area contributed by atoms with Gasteiger partial charge in [0, 0.05) is 53.9 Å². The van der Waals surface area contributed by atoms with Gasteiger partial charge < -0.3 is 9.80 Å². The number of nitrogens with one attached hydrogen (secondary N) is 1. The molecule has 0 radical (unpaired) electrons. The smallest absolute Gasteiger partial charge is 0.154 e. The van der Waals surface area contributed by atoms with Crippen LogP contribution < -0.4 is 10.2 Å². The number of benzene rings is 3. The van der Waals surface area contributed by atoms with E-state index < -0.39 is 0 Å². The molecule has 5 unspecified atom stereocenters. The Morgan fingerprint density at radius 1 is 0.951 bits per heavy atom. The van der Waals surface area contributed by atoms with Crippen molar-refractivity contribution in [3.63, 3.8) is 0 Å². The predicted molar refractivity (Wildman–Crippen MR) is 257 cm³/mol. The first-order valence-corrected chi connectivity index (χ1v) is 23.0. The molecule has 61 heavy (non-hydrogen) atoms. The Morgan fingerprint density at radius 2 is 1.82 bits per heavy atom. The fourth-order valence-corrected chi connectivity index (χ4v) is 10.1. The molecule has 0 bridgehead atoms. The molecule has 6 heteroatoms. The molecular formula is C55H62N6. The molecule has 3 aromatic rings. The van der Waals surface area contributed by atoms with Crippen molar-refractivity contribution in [3.8, 4) is 11.1 Å². The first kappa shape index (κ1) is 40.8. The van der Waals surface area contributed by atoms with E-state index in [1.165, 1.54) is 64.9 Å². The number of hydrogen-bond donors (Lipinski definition) is 1. The molecule has 1 saturated heterocycles. The van der Waals surface area contributed by atoms with Crippen LogP contribution in [0, 0.1) is 17.8 Å². The lowest BCUT2D eigenvalue weighted by Gasteiger charge is -2.33.